The minimum Gasteiger partial charge on any atom is -0.494 e. The molecule has 0 aromatic heterocycles. The highest BCUT2D eigenvalue weighted by molar-refractivity contribution is 5.75. The molecule has 0 heterocycles. The van der Waals surface area contributed by atoms with Crippen LogP contribution in [0.25, 0.3) is 0 Å². The Morgan fingerprint density at radius 2 is 1.95 bits per heavy atom. The molecule has 106 valence electrons. The summed E-state index contributed by atoms with van der Waals surface area (Å²) in [6, 6.07) is 5.79. The van der Waals surface area contributed by atoms with Gasteiger partial charge >= 0.3 is 0 Å². The van der Waals surface area contributed by atoms with Crippen molar-refractivity contribution < 1.29 is 19.0 Å². The summed E-state index contributed by atoms with van der Waals surface area (Å²) >= 11 is 0. The smallest absolute Gasteiger partial charge is 0.220 e. The second-order valence-electron chi connectivity index (χ2n) is 4.19. The summed E-state index contributed by atoms with van der Waals surface area (Å²) in [7, 11) is 0. The summed E-state index contributed by atoms with van der Waals surface area (Å²) in [5, 5.41) is 11.3. The predicted octanol–water partition coefficient (Wildman–Crippen LogP) is 1.87. The van der Waals surface area contributed by atoms with E-state index in [1.54, 1.807) is 12.1 Å². The molecule has 0 spiro atoms. The lowest BCUT2D eigenvalue weighted by Crippen LogP contribution is -2.24. The van der Waals surface area contributed by atoms with E-state index in [0.29, 0.717) is 38.2 Å². The molecule has 0 aliphatic rings. The second kappa shape index (κ2) is 9.33. The van der Waals surface area contributed by atoms with Gasteiger partial charge in [-0.1, -0.05) is 0 Å². The summed E-state index contributed by atoms with van der Waals surface area (Å²) < 4.78 is 18.0. The van der Waals surface area contributed by atoms with Gasteiger partial charge in [0.25, 0.3) is 0 Å². The van der Waals surface area contributed by atoms with Crippen molar-refractivity contribution in [1.29, 1.82) is 0 Å². The van der Waals surface area contributed by atoms with Gasteiger partial charge in [0.1, 0.15) is 11.6 Å². The molecule has 1 amide bonds. The largest absolute Gasteiger partial charge is 0.494 e. The first-order valence-corrected chi connectivity index (χ1v) is 6.48. The summed E-state index contributed by atoms with van der Waals surface area (Å²) in [4.78, 5) is 11.4. The molecule has 0 fully saturated rings. The number of unbranched alkanes of at least 4 members (excludes halogenated alkanes) is 1. The molecule has 0 saturated carbocycles. The van der Waals surface area contributed by atoms with Crippen molar-refractivity contribution in [3.63, 3.8) is 0 Å². The fraction of sp³-hybridized carbons (Fsp3) is 0.500. The molecule has 0 radical (unpaired) electrons. The van der Waals surface area contributed by atoms with Crippen LogP contribution in [0.4, 0.5) is 4.39 Å². The number of nitrogens with one attached hydrogen (secondary N) is 1. The molecular weight excluding hydrogens is 249 g/mol. The van der Waals surface area contributed by atoms with E-state index < -0.39 is 0 Å². The van der Waals surface area contributed by atoms with Gasteiger partial charge in [0, 0.05) is 19.6 Å². The van der Waals surface area contributed by atoms with Gasteiger partial charge in [0.2, 0.25) is 5.91 Å². The second-order valence-corrected chi connectivity index (χ2v) is 4.19. The highest BCUT2D eigenvalue weighted by atomic mass is 19.1. The SMILES string of the molecule is O=C(CCCOc1ccc(F)cc1)NCCCCO. The van der Waals surface area contributed by atoms with E-state index in [1.165, 1.54) is 12.1 Å². The van der Waals surface area contributed by atoms with Crippen molar-refractivity contribution in [1.82, 2.24) is 5.32 Å². The van der Waals surface area contributed by atoms with Crippen LogP contribution in [0, 0.1) is 5.82 Å². The third kappa shape index (κ3) is 7.41. The summed E-state index contributed by atoms with van der Waals surface area (Å²) in [6.07, 6.45) is 2.51. The number of carbonyl (C=O) groups is 1. The maximum atomic E-state index is 12.6. The van der Waals surface area contributed by atoms with Crippen LogP contribution in [0.15, 0.2) is 24.3 Å². The van der Waals surface area contributed by atoms with Gasteiger partial charge in [-0.25, -0.2) is 4.39 Å². The fourth-order valence-electron chi connectivity index (χ4n) is 1.51. The number of aliphatic hydroxyl groups is 1. The van der Waals surface area contributed by atoms with E-state index in [-0.39, 0.29) is 18.3 Å². The number of hydrogen-bond donors (Lipinski definition) is 2. The minimum atomic E-state index is -0.297. The van der Waals surface area contributed by atoms with Gasteiger partial charge in [-0.3, -0.25) is 4.79 Å². The third-order valence-corrected chi connectivity index (χ3v) is 2.54. The lowest BCUT2D eigenvalue weighted by Gasteiger charge is -2.06. The molecule has 1 aromatic carbocycles. The van der Waals surface area contributed by atoms with Crippen LogP contribution in [0.5, 0.6) is 5.75 Å². The van der Waals surface area contributed by atoms with Gasteiger partial charge in [-0.2, -0.15) is 0 Å². The van der Waals surface area contributed by atoms with Gasteiger partial charge in [0.15, 0.2) is 0 Å². The Bertz CT molecular complexity index is 367. The Kier molecular flexibility index (Phi) is 7.58. The summed E-state index contributed by atoms with van der Waals surface area (Å²) in [5.74, 6) is 0.292. The number of carbonyl (C=O) groups excluding carboxylic acids is 1. The standard InChI is InChI=1S/C14H20FNO3/c15-12-5-7-13(8-6-12)19-11-3-4-14(18)16-9-1-2-10-17/h5-8,17H,1-4,9-11H2,(H,16,18). The number of benzene rings is 1. The van der Waals surface area contributed by atoms with Gasteiger partial charge in [-0.05, 0) is 43.5 Å². The third-order valence-electron chi connectivity index (χ3n) is 2.54. The zero-order valence-corrected chi connectivity index (χ0v) is 10.9. The monoisotopic (exact) mass is 269 g/mol. The lowest BCUT2D eigenvalue weighted by atomic mass is 10.3. The first-order chi connectivity index (χ1) is 9.22. The van der Waals surface area contributed by atoms with E-state index in [4.69, 9.17) is 9.84 Å². The number of hydrogen-bond acceptors (Lipinski definition) is 3. The molecular formula is C14H20FNO3. The van der Waals surface area contributed by atoms with Crippen LogP contribution in [0.2, 0.25) is 0 Å². The van der Waals surface area contributed by atoms with Crippen molar-refractivity contribution in [2.75, 3.05) is 19.8 Å². The van der Waals surface area contributed by atoms with Crippen LogP contribution < -0.4 is 10.1 Å². The quantitative estimate of drug-likeness (QED) is 0.673. The molecule has 1 aromatic rings. The topological polar surface area (TPSA) is 58.6 Å². The maximum absolute atomic E-state index is 12.6. The number of aliphatic hydroxyl groups excluding tert-OH is 1. The van der Waals surface area contributed by atoms with E-state index in [2.05, 4.69) is 5.32 Å². The Hall–Kier alpha value is -1.62. The van der Waals surface area contributed by atoms with Gasteiger partial charge in [0.05, 0.1) is 6.61 Å². The van der Waals surface area contributed by atoms with E-state index in [0.717, 1.165) is 6.42 Å². The zero-order valence-electron chi connectivity index (χ0n) is 10.9. The average Bonchev–Trinajstić information content (AvgIpc) is 2.42. The van der Waals surface area contributed by atoms with Crippen molar-refractivity contribution in [3.05, 3.63) is 30.1 Å². The van der Waals surface area contributed by atoms with Crippen LogP contribution in [0.3, 0.4) is 0 Å². The van der Waals surface area contributed by atoms with E-state index in [1.807, 2.05) is 0 Å². The van der Waals surface area contributed by atoms with Crippen molar-refractivity contribution in [3.8, 4) is 5.75 Å². The molecule has 0 saturated heterocycles. The van der Waals surface area contributed by atoms with E-state index >= 15 is 0 Å². The molecule has 19 heavy (non-hydrogen) atoms. The first-order valence-electron chi connectivity index (χ1n) is 6.48. The van der Waals surface area contributed by atoms with Crippen molar-refractivity contribution in [2.45, 2.75) is 25.7 Å². The molecule has 1 rings (SSSR count). The van der Waals surface area contributed by atoms with Crippen molar-refractivity contribution in [2.24, 2.45) is 0 Å². The molecule has 0 unspecified atom stereocenters. The molecule has 0 bridgehead atoms. The lowest BCUT2D eigenvalue weighted by molar-refractivity contribution is -0.121. The number of rotatable bonds is 9. The summed E-state index contributed by atoms with van der Waals surface area (Å²) in [6.45, 7) is 1.18. The van der Waals surface area contributed by atoms with Crippen LogP contribution >= 0.6 is 0 Å². The maximum Gasteiger partial charge on any atom is 0.220 e. The predicted molar refractivity (Wildman–Crippen MR) is 70.5 cm³/mol. The normalized spacial score (nSPS) is 10.2. The Labute approximate surface area is 112 Å². The number of halogens is 1. The summed E-state index contributed by atoms with van der Waals surface area (Å²) in [5.41, 5.74) is 0. The number of ether oxygens (including phenoxy) is 1. The molecule has 2 N–H and O–H groups in total. The first kappa shape index (κ1) is 15.4. The Balaban J connectivity index is 2.03. The average molecular weight is 269 g/mol. The molecule has 0 aliphatic heterocycles. The highest BCUT2D eigenvalue weighted by Crippen LogP contribution is 2.11. The van der Waals surface area contributed by atoms with Crippen LogP contribution in [-0.2, 0) is 4.79 Å². The highest BCUT2D eigenvalue weighted by Gasteiger charge is 2.01. The Morgan fingerprint density at radius 3 is 2.63 bits per heavy atom. The zero-order chi connectivity index (χ0) is 13.9. The van der Waals surface area contributed by atoms with E-state index in [9.17, 15) is 9.18 Å². The molecule has 0 atom stereocenters. The van der Waals surface area contributed by atoms with Gasteiger partial charge < -0.3 is 15.2 Å². The fourth-order valence-corrected chi connectivity index (χ4v) is 1.51. The minimum absolute atomic E-state index is 0.0133. The number of amides is 1. The van der Waals surface area contributed by atoms with Crippen LogP contribution in [0.1, 0.15) is 25.7 Å². The van der Waals surface area contributed by atoms with Crippen LogP contribution in [-0.4, -0.2) is 30.8 Å². The molecule has 5 heteroatoms. The molecule has 0 aliphatic carbocycles. The Morgan fingerprint density at radius 1 is 1.21 bits per heavy atom. The van der Waals surface area contributed by atoms with Crippen molar-refractivity contribution >= 4 is 5.91 Å². The van der Waals surface area contributed by atoms with Gasteiger partial charge in [-0.15, -0.1) is 0 Å². The molecule has 4 nitrogen and oxygen atoms in total.